The molecule has 7 nitrogen and oxygen atoms in total. The van der Waals surface area contributed by atoms with Crippen molar-refractivity contribution < 1.29 is 15.0 Å². The molecule has 35 heavy (non-hydrogen) atoms. The average molecular weight is 480 g/mol. The number of hydrogen-bond donors (Lipinski definition) is 4. The summed E-state index contributed by atoms with van der Waals surface area (Å²) in [4.78, 5) is 30.8. The molecule has 1 amide bonds. The molecule has 188 valence electrons. The van der Waals surface area contributed by atoms with Crippen molar-refractivity contribution in [2.45, 2.75) is 88.1 Å². The second kappa shape index (κ2) is 10.2. The molecule has 5 rings (SSSR count). The van der Waals surface area contributed by atoms with Crippen LogP contribution in [-0.4, -0.2) is 50.7 Å². The Balaban J connectivity index is 1.27. The van der Waals surface area contributed by atoms with Gasteiger partial charge in [-0.05, 0) is 62.6 Å². The van der Waals surface area contributed by atoms with Crippen LogP contribution in [0.4, 0.5) is 0 Å². The van der Waals surface area contributed by atoms with Gasteiger partial charge in [-0.2, -0.15) is 0 Å². The topological polar surface area (TPSA) is 106 Å². The van der Waals surface area contributed by atoms with Gasteiger partial charge in [0.15, 0.2) is 0 Å². The van der Waals surface area contributed by atoms with Gasteiger partial charge in [0.2, 0.25) is 0 Å². The highest BCUT2D eigenvalue weighted by Gasteiger charge is 2.49. The van der Waals surface area contributed by atoms with Crippen LogP contribution in [0.15, 0.2) is 47.3 Å². The van der Waals surface area contributed by atoms with Gasteiger partial charge in [-0.25, -0.2) is 0 Å². The minimum absolute atomic E-state index is 0.00456. The molecule has 1 saturated heterocycles. The molecule has 0 bridgehead atoms. The molecule has 1 aromatic heterocycles. The van der Waals surface area contributed by atoms with Crippen LogP contribution < -0.4 is 10.9 Å². The van der Waals surface area contributed by atoms with E-state index in [1.807, 2.05) is 36.4 Å². The highest BCUT2D eigenvalue weighted by atomic mass is 16.3. The van der Waals surface area contributed by atoms with Crippen molar-refractivity contribution in [3.63, 3.8) is 0 Å². The molecular formula is C28H37N3O4. The lowest BCUT2D eigenvalue weighted by molar-refractivity contribution is -0.123. The van der Waals surface area contributed by atoms with Crippen LogP contribution in [0, 0.1) is 5.92 Å². The zero-order valence-corrected chi connectivity index (χ0v) is 20.3. The summed E-state index contributed by atoms with van der Waals surface area (Å²) in [6, 6.07) is 13.8. The lowest BCUT2D eigenvalue weighted by atomic mass is 9.66. The van der Waals surface area contributed by atoms with Crippen molar-refractivity contribution in [1.82, 2.24) is 15.2 Å². The number of rotatable bonds is 5. The Labute approximate surface area is 206 Å². The van der Waals surface area contributed by atoms with E-state index in [1.54, 1.807) is 6.07 Å². The molecule has 1 aliphatic heterocycles. The SMILES string of the molecule is O=C(NC1CCC(O)CC1)c1ccc(CN2CC[C@@](O)(c3ccccc3)[C@H]3CCCC[C@@H]32)[nH]c1=O. The van der Waals surface area contributed by atoms with Crippen LogP contribution in [0.25, 0.3) is 0 Å². The second-order valence-corrected chi connectivity index (χ2v) is 10.7. The molecule has 3 atom stereocenters. The summed E-state index contributed by atoms with van der Waals surface area (Å²) in [5.74, 6) is -0.185. The lowest BCUT2D eigenvalue weighted by Gasteiger charge is -2.52. The summed E-state index contributed by atoms with van der Waals surface area (Å²) >= 11 is 0. The smallest absolute Gasteiger partial charge is 0.261 e. The van der Waals surface area contributed by atoms with E-state index in [-0.39, 0.29) is 41.1 Å². The quantitative estimate of drug-likeness (QED) is 0.528. The zero-order chi connectivity index (χ0) is 24.4. The number of carbonyl (C=O) groups is 1. The predicted octanol–water partition coefficient (Wildman–Crippen LogP) is 3.06. The number of fused-ring (bicyclic) bond motifs is 1. The summed E-state index contributed by atoms with van der Waals surface area (Å²) in [5, 5.41) is 24.4. The number of piperidine rings is 1. The number of nitrogens with one attached hydrogen (secondary N) is 2. The summed E-state index contributed by atoms with van der Waals surface area (Å²) in [6.07, 6.45) is 7.52. The van der Waals surface area contributed by atoms with Crippen LogP contribution >= 0.6 is 0 Å². The molecule has 3 fully saturated rings. The van der Waals surface area contributed by atoms with E-state index in [2.05, 4.69) is 15.2 Å². The van der Waals surface area contributed by atoms with Gasteiger partial charge in [-0.15, -0.1) is 0 Å². The Morgan fingerprint density at radius 3 is 2.51 bits per heavy atom. The van der Waals surface area contributed by atoms with E-state index >= 15 is 0 Å². The van der Waals surface area contributed by atoms with Gasteiger partial charge >= 0.3 is 0 Å². The first-order valence-electron chi connectivity index (χ1n) is 13.2. The highest BCUT2D eigenvalue weighted by molar-refractivity contribution is 5.94. The number of H-pyrrole nitrogens is 1. The van der Waals surface area contributed by atoms with Gasteiger partial charge in [0.25, 0.3) is 11.5 Å². The average Bonchev–Trinajstić information content (AvgIpc) is 2.88. The van der Waals surface area contributed by atoms with Gasteiger partial charge in [0, 0.05) is 36.8 Å². The van der Waals surface area contributed by atoms with Gasteiger partial charge in [-0.3, -0.25) is 14.5 Å². The number of carbonyl (C=O) groups excluding carboxylic acids is 1. The Hall–Kier alpha value is -2.48. The lowest BCUT2D eigenvalue weighted by Crippen LogP contribution is -2.57. The number of pyridine rings is 1. The van der Waals surface area contributed by atoms with Crippen molar-refractivity contribution in [2.24, 2.45) is 5.92 Å². The summed E-state index contributed by atoms with van der Waals surface area (Å²) in [5.41, 5.74) is 0.754. The largest absolute Gasteiger partial charge is 0.393 e. The summed E-state index contributed by atoms with van der Waals surface area (Å²) < 4.78 is 0. The second-order valence-electron chi connectivity index (χ2n) is 10.7. The van der Waals surface area contributed by atoms with Gasteiger partial charge in [0.1, 0.15) is 5.56 Å². The number of aliphatic hydroxyl groups is 2. The number of aromatic nitrogens is 1. The predicted molar refractivity (Wildman–Crippen MR) is 134 cm³/mol. The number of hydrogen-bond acceptors (Lipinski definition) is 5. The first kappa shape index (κ1) is 24.2. The normalized spacial score (nSPS) is 31.5. The fourth-order valence-corrected chi connectivity index (χ4v) is 6.54. The maximum absolute atomic E-state index is 12.8. The number of aliphatic hydroxyl groups excluding tert-OH is 1. The summed E-state index contributed by atoms with van der Waals surface area (Å²) in [7, 11) is 0. The molecule has 0 radical (unpaired) electrons. The van der Waals surface area contributed by atoms with Crippen LogP contribution in [0.2, 0.25) is 0 Å². The summed E-state index contributed by atoms with van der Waals surface area (Å²) in [6.45, 7) is 1.36. The molecule has 2 heterocycles. The first-order valence-corrected chi connectivity index (χ1v) is 13.2. The van der Waals surface area contributed by atoms with Gasteiger partial charge < -0.3 is 20.5 Å². The van der Waals surface area contributed by atoms with E-state index in [1.165, 1.54) is 0 Å². The molecule has 1 aromatic carbocycles. The number of amides is 1. The van der Waals surface area contributed by atoms with E-state index < -0.39 is 5.60 Å². The molecule has 0 spiro atoms. The van der Waals surface area contributed by atoms with Crippen molar-refractivity contribution in [3.8, 4) is 0 Å². The third-order valence-electron chi connectivity index (χ3n) is 8.49. The molecule has 4 N–H and O–H groups in total. The van der Waals surface area contributed by atoms with E-state index in [4.69, 9.17) is 0 Å². The Bertz CT molecular complexity index is 1080. The third kappa shape index (κ3) is 5.08. The molecule has 2 aromatic rings. The third-order valence-corrected chi connectivity index (χ3v) is 8.49. The minimum Gasteiger partial charge on any atom is -0.393 e. The highest BCUT2D eigenvalue weighted by Crippen LogP contribution is 2.47. The Kier molecular flexibility index (Phi) is 7.09. The number of nitrogens with zero attached hydrogens (tertiary/aromatic N) is 1. The Morgan fingerprint density at radius 1 is 1.03 bits per heavy atom. The molecule has 2 saturated carbocycles. The van der Waals surface area contributed by atoms with Gasteiger partial charge in [-0.1, -0.05) is 43.2 Å². The van der Waals surface area contributed by atoms with Crippen LogP contribution in [-0.2, 0) is 12.1 Å². The van der Waals surface area contributed by atoms with Crippen molar-refractivity contribution in [2.75, 3.05) is 6.54 Å². The number of likely N-dealkylation sites (tertiary alicyclic amines) is 1. The van der Waals surface area contributed by atoms with Crippen LogP contribution in [0.1, 0.15) is 79.4 Å². The zero-order valence-electron chi connectivity index (χ0n) is 20.3. The molecule has 0 unspecified atom stereocenters. The molecule has 3 aliphatic rings. The maximum Gasteiger partial charge on any atom is 0.261 e. The van der Waals surface area contributed by atoms with Crippen molar-refractivity contribution >= 4 is 5.91 Å². The van der Waals surface area contributed by atoms with E-state index in [0.29, 0.717) is 25.8 Å². The minimum atomic E-state index is -0.812. The molecule has 7 heteroatoms. The molecule has 2 aliphatic carbocycles. The first-order chi connectivity index (χ1) is 16.9. The standard InChI is InChI=1S/C28H37N3O4/c32-22-13-10-20(11-14-22)29-26(33)23-15-12-21(30-27(23)34)18-31-17-16-28(35,19-6-2-1-3-7-19)24-8-4-5-9-25(24)31/h1-3,6-7,12,15,20,22,24-25,32,35H,4-5,8-11,13-14,16-18H2,(H,29,33)(H,30,34)/t20?,22?,24-,25-,28+/m0/s1. The fourth-order valence-electron chi connectivity index (χ4n) is 6.54. The number of benzene rings is 1. The van der Waals surface area contributed by atoms with Crippen molar-refractivity contribution in [1.29, 1.82) is 0 Å². The van der Waals surface area contributed by atoms with E-state index in [9.17, 15) is 19.8 Å². The maximum atomic E-state index is 12.8. The molecular weight excluding hydrogens is 442 g/mol. The monoisotopic (exact) mass is 479 g/mol. The van der Waals surface area contributed by atoms with Gasteiger partial charge in [0.05, 0.1) is 11.7 Å². The fraction of sp³-hybridized carbons (Fsp3) is 0.571. The van der Waals surface area contributed by atoms with E-state index in [0.717, 1.165) is 56.3 Å². The van der Waals surface area contributed by atoms with Crippen LogP contribution in [0.3, 0.4) is 0 Å². The van der Waals surface area contributed by atoms with Crippen molar-refractivity contribution in [3.05, 3.63) is 69.6 Å². The Morgan fingerprint density at radius 2 is 1.77 bits per heavy atom. The van der Waals surface area contributed by atoms with Crippen LogP contribution in [0.5, 0.6) is 0 Å². The number of aromatic amines is 1.